The van der Waals surface area contributed by atoms with Crippen molar-refractivity contribution in [3.05, 3.63) is 59.5 Å². The van der Waals surface area contributed by atoms with E-state index >= 15 is 0 Å². The maximum Gasteiger partial charge on any atom is 0.329 e. The number of amides is 1. The van der Waals surface area contributed by atoms with Crippen molar-refractivity contribution in [2.45, 2.75) is 0 Å². The van der Waals surface area contributed by atoms with Gasteiger partial charge in [0.1, 0.15) is 17.2 Å². The highest BCUT2D eigenvalue weighted by Crippen LogP contribution is 2.40. The Hall–Kier alpha value is -3.26. The zero-order valence-corrected chi connectivity index (χ0v) is 15.4. The molecule has 0 bridgehead atoms. The Bertz CT molecular complexity index is 955. The number of carboxylic acid groups (broad SMARTS) is 1. The number of carbonyl (C=O) groups excluding carboxylic acids is 1. The zero-order chi connectivity index (χ0) is 19.4. The number of anilines is 1. The molecule has 1 amide bonds. The highest BCUT2D eigenvalue weighted by Gasteiger charge is 2.36. The van der Waals surface area contributed by atoms with Crippen LogP contribution < -0.4 is 14.4 Å². The molecule has 27 heavy (non-hydrogen) atoms. The average molecular weight is 384 g/mol. The second-order valence-electron chi connectivity index (χ2n) is 5.33. The van der Waals surface area contributed by atoms with Crippen LogP contribution in [0.4, 0.5) is 11.4 Å². The van der Waals surface area contributed by atoms with Crippen molar-refractivity contribution >= 4 is 40.2 Å². The lowest BCUT2D eigenvalue weighted by Crippen LogP contribution is -2.29. The molecule has 1 fully saturated rings. The van der Waals surface area contributed by atoms with Gasteiger partial charge in [-0.05, 0) is 36.0 Å². The molecule has 2 aromatic carbocycles. The summed E-state index contributed by atoms with van der Waals surface area (Å²) in [6, 6.07) is 14.1. The van der Waals surface area contributed by atoms with Crippen molar-refractivity contribution in [2.75, 3.05) is 19.1 Å². The van der Waals surface area contributed by atoms with E-state index in [1.54, 1.807) is 42.5 Å². The number of hydrogen-bond acceptors (Lipinski definition) is 6. The standard InChI is InChI=1S/C19H16N2O5S/c1-25-14-9-5-3-7-12(14)20-19-21(13-8-4-6-10-15(13)26-2)18(24)16(27-19)11-17(22)23/h3-11H,1-2H3,(H,22,23). The molecule has 0 unspecified atom stereocenters. The lowest BCUT2D eigenvalue weighted by Gasteiger charge is -2.18. The molecule has 1 saturated heterocycles. The molecule has 1 heterocycles. The minimum atomic E-state index is -1.20. The van der Waals surface area contributed by atoms with Crippen molar-refractivity contribution in [3.63, 3.8) is 0 Å². The number of ether oxygens (including phenoxy) is 2. The van der Waals surface area contributed by atoms with Gasteiger partial charge in [0.05, 0.1) is 24.8 Å². The number of methoxy groups -OCH3 is 2. The Morgan fingerprint density at radius 3 is 2.37 bits per heavy atom. The summed E-state index contributed by atoms with van der Waals surface area (Å²) in [6.07, 6.45) is 0.875. The van der Waals surface area contributed by atoms with Crippen LogP contribution in [0.25, 0.3) is 0 Å². The van der Waals surface area contributed by atoms with Gasteiger partial charge in [0.15, 0.2) is 5.17 Å². The summed E-state index contributed by atoms with van der Waals surface area (Å²) in [4.78, 5) is 29.9. The normalized spacial score (nSPS) is 16.8. The first-order valence-corrected chi connectivity index (χ1v) is 8.68. The van der Waals surface area contributed by atoms with E-state index in [-0.39, 0.29) is 4.91 Å². The highest BCUT2D eigenvalue weighted by molar-refractivity contribution is 8.19. The molecule has 0 radical (unpaired) electrons. The summed E-state index contributed by atoms with van der Waals surface area (Å²) in [5.74, 6) is -0.686. The van der Waals surface area contributed by atoms with E-state index in [4.69, 9.17) is 14.6 Å². The van der Waals surface area contributed by atoms with Crippen LogP contribution in [0.15, 0.2) is 64.5 Å². The fourth-order valence-corrected chi connectivity index (χ4v) is 3.46. The SMILES string of the molecule is COc1ccccc1N=C1SC(=CC(=O)O)C(=O)N1c1ccccc1OC. The largest absolute Gasteiger partial charge is 0.495 e. The topological polar surface area (TPSA) is 88.4 Å². The van der Waals surface area contributed by atoms with Gasteiger partial charge < -0.3 is 14.6 Å². The van der Waals surface area contributed by atoms with Crippen LogP contribution in [-0.4, -0.2) is 36.4 Å². The molecule has 8 heteroatoms. The van der Waals surface area contributed by atoms with Crippen molar-refractivity contribution in [1.82, 2.24) is 0 Å². The van der Waals surface area contributed by atoms with Crippen LogP contribution in [0.2, 0.25) is 0 Å². The van der Waals surface area contributed by atoms with Crippen LogP contribution in [0.1, 0.15) is 0 Å². The van der Waals surface area contributed by atoms with Gasteiger partial charge in [0.25, 0.3) is 5.91 Å². The first kappa shape index (κ1) is 18.5. The number of thioether (sulfide) groups is 1. The Morgan fingerprint density at radius 1 is 1.07 bits per heavy atom. The number of hydrogen-bond donors (Lipinski definition) is 1. The number of amidine groups is 1. The van der Waals surface area contributed by atoms with Crippen molar-refractivity contribution in [1.29, 1.82) is 0 Å². The second-order valence-corrected chi connectivity index (χ2v) is 6.34. The van der Waals surface area contributed by atoms with Crippen LogP contribution in [0, 0.1) is 0 Å². The van der Waals surface area contributed by atoms with Gasteiger partial charge in [-0.3, -0.25) is 9.69 Å². The highest BCUT2D eigenvalue weighted by atomic mass is 32.2. The summed E-state index contributed by atoms with van der Waals surface area (Å²) in [7, 11) is 3.03. The number of aliphatic carboxylic acids is 1. The number of carbonyl (C=O) groups is 2. The number of carboxylic acids is 1. The fraction of sp³-hybridized carbons (Fsp3) is 0.105. The third kappa shape index (κ3) is 3.80. The summed E-state index contributed by atoms with van der Waals surface area (Å²) in [5.41, 5.74) is 0.992. The number of nitrogens with zero attached hydrogens (tertiary/aromatic N) is 2. The second kappa shape index (κ2) is 7.96. The van der Waals surface area contributed by atoms with E-state index in [1.807, 2.05) is 6.07 Å². The lowest BCUT2D eigenvalue weighted by atomic mass is 10.2. The van der Waals surface area contributed by atoms with E-state index in [0.717, 1.165) is 17.8 Å². The van der Waals surface area contributed by atoms with E-state index in [9.17, 15) is 9.59 Å². The molecule has 0 atom stereocenters. The molecule has 0 saturated carbocycles. The molecule has 3 rings (SSSR count). The molecule has 138 valence electrons. The molecule has 1 aliphatic rings. The predicted molar refractivity (Wildman–Crippen MR) is 104 cm³/mol. The van der Waals surface area contributed by atoms with Crippen molar-refractivity contribution < 1.29 is 24.2 Å². The maximum atomic E-state index is 12.9. The number of para-hydroxylation sites is 4. The molecule has 2 aromatic rings. The summed E-state index contributed by atoms with van der Waals surface area (Å²) >= 11 is 0.979. The van der Waals surface area contributed by atoms with E-state index in [2.05, 4.69) is 4.99 Å². The lowest BCUT2D eigenvalue weighted by molar-refractivity contribution is -0.131. The fourth-order valence-electron chi connectivity index (χ4n) is 2.51. The smallest absolute Gasteiger partial charge is 0.329 e. The quantitative estimate of drug-likeness (QED) is 0.795. The van der Waals surface area contributed by atoms with Gasteiger partial charge in [0.2, 0.25) is 0 Å². The predicted octanol–water partition coefficient (Wildman–Crippen LogP) is 3.44. The molecule has 0 aliphatic carbocycles. The number of aliphatic imine (C=N–C) groups is 1. The Kier molecular flexibility index (Phi) is 5.46. The number of benzene rings is 2. The van der Waals surface area contributed by atoms with Gasteiger partial charge in [-0.15, -0.1) is 0 Å². The first-order valence-electron chi connectivity index (χ1n) is 7.86. The van der Waals surface area contributed by atoms with Gasteiger partial charge >= 0.3 is 5.97 Å². The van der Waals surface area contributed by atoms with Crippen molar-refractivity contribution in [2.24, 2.45) is 4.99 Å². The van der Waals surface area contributed by atoms with Gasteiger partial charge in [0, 0.05) is 6.08 Å². The van der Waals surface area contributed by atoms with Gasteiger partial charge in [-0.25, -0.2) is 9.79 Å². The summed E-state index contributed by atoms with van der Waals surface area (Å²) < 4.78 is 10.7. The summed E-state index contributed by atoms with van der Waals surface area (Å²) in [5, 5.41) is 9.37. The molecular formula is C19H16N2O5S. The minimum absolute atomic E-state index is 0.0575. The summed E-state index contributed by atoms with van der Waals surface area (Å²) in [6.45, 7) is 0. The van der Waals surface area contributed by atoms with E-state index in [0.29, 0.717) is 28.0 Å². The molecule has 0 spiro atoms. The van der Waals surface area contributed by atoms with Crippen LogP contribution in [0.3, 0.4) is 0 Å². The first-order chi connectivity index (χ1) is 13.0. The minimum Gasteiger partial charge on any atom is -0.495 e. The van der Waals surface area contributed by atoms with Crippen LogP contribution >= 0.6 is 11.8 Å². The van der Waals surface area contributed by atoms with E-state index < -0.39 is 11.9 Å². The maximum absolute atomic E-state index is 12.9. The average Bonchev–Trinajstić information content (AvgIpc) is 2.96. The third-order valence-electron chi connectivity index (χ3n) is 3.69. The molecular weight excluding hydrogens is 368 g/mol. The Morgan fingerprint density at radius 2 is 1.70 bits per heavy atom. The Labute approximate surface area is 159 Å². The monoisotopic (exact) mass is 384 g/mol. The van der Waals surface area contributed by atoms with Crippen LogP contribution in [0.5, 0.6) is 11.5 Å². The van der Waals surface area contributed by atoms with E-state index in [1.165, 1.54) is 19.1 Å². The van der Waals surface area contributed by atoms with Crippen molar-refractivity contribution in [3.8, 4) is 11.5 Å². The molecule has 1 N–H and O–H groups in total. The van der Waals surface area contributed by atoms with Gasteiger partial charge in [-0.2, -0.15) is 0 Å². The molecule has 0 aromatic heterocycles. The van der Waals surface area contributed by atoms with Gasteiger partial charge in [-0.1, -0.05) is 24.3 Å². The molecule has 7 nitrogen and oxygen atoms in total. The third-order valence-corrected chi connectivity index (χ3v) is 4.66. The molecule has 1 aliphatic heterocycles. The number of rotatable bonds is 5. The zero-order valence-electron chi connectivity index (χ0n) is 14.6. The Balaban J connectivity index is 2.15. The van der Waals surface area contributed by atoms with Crippen LogP contribution in [-0.2, 0) is 9.59 Å².